The van der Waals surface area contributed by atoms with Crippen molar-refractivity contribution in [2.24, 2.45) is 5.92 Å². The summed E-state index contributed by atoms with van der Waals surface area (Å²) in [5.74, 6) is 2.26. The predicted octanol–water partition coefficient (Wildman–Crippen LogP) is 5.83. The summed E-state index contributed by atoms with van der Waals surface area (Å²) in [6.07, 6.45) is 0.595. The topological polar surface area (TPSA) is 81.3 Å². The normalized spacial score (nSPS) is 16.4. The lowest BCUT2D eigenvalue weighted by Gasteiger charge is -2.20. The van der Waals surface area contributed by atoms with Crippen molar-refractivity contribution < 1.29 is 9.53 Å². The average Bonchev–Trinajstić information content (AvgIpc) is 3.33. The van der Waals surface area contributed by atoms with E-state index in [0.717, 1.165) is 32.2 Å². The van der Waals surface area contributed by atoms with Gasteiger partial charge < -0.3 is 15.4 Å². The van der Waals surface area contributed by atoms with Gasteiger partial charge in [0.1, 0.15) is 21.5 Å². The van der Waals surface area contributed by atoms with Gasteiger partial charge in [-0.25, -0.2) is 0 Å². The van der Waals surface area contributed by atoms with E-state index in [0.29, 0.717) is 42.0 Å². The quantitative estimate of drug-likeness (QED) is 0.430. The van der Waals surface area contributed by atoms with Gasteiger partial charge in [-0.05, 0) is 52.2 Å². The number of likely N-dealkylation sites (tertiary alicyclic amines) is 1. The van der Waals surface area contributed by atoms with Gasteiger partial charge >= 0.3 is 0 Å². The van der Waals surface area contributed by atoms with E-state index in [1.165, 1.54) is 0 Å². The van der Waals surface area contributed by atoms with Crippen LogP contribution in [-0.4, -0.2) is 27.5 Å². The van der Waals surface area contributed by atoms with Crippen LogP contribution < -0.4 is 10.5 Å². The van der Waals surface area contributed by atoms with Gasteiger partial charge in [0.2, 0.25) is 5.91 Å². The maximum Gasteiger partial charge on any atom is 0.223 e. The molecule has 1 atom stereocenters. The number of carbonyl (C=O) groups excluding carboxylic acids is 1. The van der Waals surface area contributed by atoms with E-state index in [4.69, 9.17) is 10.5 Å². The van der Waals surface area contributed by atoms with Crippen molar-refractivity contribution >= 4 is 38.9 Å². The number of nitrogens with zero attached hydrogens (tertiary/aromatic N) is 3. The Morgan fingerprint density at radius 1 is 1.26 bits per heavy atom. The summed E-state index contributed by atoms with van der Waals surface area (Å²) in [6.45, 7) is 7.57. The molecule has 6 nitrogen and oxygen atoms in total. The third kappa shape index (κ3) is 4.91. The fraction of sp³-hybridized carbons (Fsp3) is 0.348. The minimum Gasteiger partial charge on any atom is -0.457 e. The second kappa shape index (κ2) is 8.96. The van der Waals surface area contributed by atoms with Crippen LogP contribution in [0.4, 0.5) is 5.69 Å². The first-order valence-electron chi connectivity index (χ1n) is 10.3. The third-order valence-electron chi connectivity index (χ3n) is 5.21. The van der Waals surface area contributed by atoms with E-state index in [1.807, 2.05) is 35.2 Å². The Labute approximate surface area is 194 Å². The van der Waals surface area contributed by atoms with Crippen LogP contribution in [-0.2, 0) is 11.3 Å². The molecule has 2 N–H and O–H groups in total. The number of hydrogen-bond acceptors (Lipinski definition) is 6. The number of anilines is 1. The van der Waals surface area contributed by atoms with E-state index in [9.17, 15) is 4.79 Å². The SMILES string of the molecule is CC1CC(=O)N(Cc2cc(Br)c(N)cc2Oc2ccc(-c3nnc(C(C)C)s3)cc2)C1. The molecule has 2 heterocycles. The van der Waals surface area contributed by atoms with Crippen LogP contribution in [0, 0.1) is 5.92 Å². The highest BCUT2D eigenvalue weighted by molar-refractivity contribution is 9.10. The van der Waals surface area contributed by atoms with Crippen LogP contribution in [0.25, 0.3) is 10.6 Å². The van der Waals surface area contributed by atoms with Crippen molar-refractivity contribution in [1.82, 2.24) is 15.1 Å². The van der Waals surface area contributed by atoms with Crippen LogP contribution in [0.3, 0.4) is 0 Å². The van der Waals surface area contributed by atoms with Crippen LogP contribution in [0.1, 0.15) is 43.7 Å². The van der Waals surface area contributed by atoms with Crippen LogP contribution in [0.5, 0.6) is 11.5 Å². The number of benzene rings is 2. The minimum atomic E-state index is 0.175. The summed E-state index contributed by atoms with van der Waals surface area (Å²) >= 11 is 5.10. The molecule has 3 aromatic rings. The summed E-state index contributed by atoms with van der Waals surface area (Å²) in [5.41, 5.74) is 8.61. The molecule has 0 aliphatic carbocycles. The molecule has 1 saturated heterocycles. The molecule has 4 rings (SSSR count). The molecule has 1 aromatic heterocycles. The zero-order valence-corrected chi connectivity index (χ0v) is 20.2. The van der Waals surface area contributed by atoms with Gasteiger partial charge in [-0.3, -0.25) is 4.79 Å². The fourth-order valence-electron chi connectivity index (χ4n) is 3.53. The molecule has 2 aromatic carbocycles. The van der Waals surface area contributed by atoms with E-state index < -0.39 is 0 Å². The first-order valence-corrected chi connectivity index (χ1v) is 11.9. The first-order chi connectivity index (χ1) is 14.8. The number of carbonyl (C=O) groups is 1. The number of aromatic nitrogens is 2. The molecule has 1 aliphatic rings. The van der Waals surface area contributed by atoms with Crippen molar-refractivity contribution in [2.45, 2.75) is 39.7 Å². The number of halogens is 1. The summed E-state index contributed by atoms with van der Waals surface area (Å²) in [5, 5.41) is 10.5. The number of rotatable bonds is 6. The highest BCUT2D eigenvalue weighted by atomic mass is 79.9. The molecular formula is C23H25BrN4O2S. The Balaban J connectivity index is 1.55. The average molecular weight is 501 g/mol. The molecule has 0 radical (unpaired) electrons. The molecule has 0 spiro atoms. The lowest BCUT2D eigenvalue weighted by Crippen LogP contribution is -2.24. The summed E-state index contributed by atoms with van der Waals surface area (Å²) in [4.78, 5) is 14.1. The van der Waals surface area contributed by atoms with Gasteiger partial charge in [-0.1, -0.05) is 32.1 Å². The Morgan fingerprint density at radius 3 is 2.61 bits per heavy atom. The first kappa shape index (κ1) is 21.8. The number of ether oxygens (including phenoxy) is 1. The van der Waals surface area contributed by atoms with Crippen molar-refractivity contribution in [2.75, 3.05) is 12.3 Å². The summed E-state index contributed by atoms with van der Waals surface area (Å²) in [6, 6.07) is 11.5. The lowest BCUT2D eigenvalue weighted by molar-refractivity contribution is -0.128. The summed E-state index contributed by atoms with van der Waals surface area (Å²) in [7, 11) is 0. The van der Waals surface area contributed by atoms with E-state index in [-0.39, 0.29) is 5.91 Å². The van der Waals surface area contributed by atoms with E-state index in [1.54, 1.807) is 17.4 Å². The maximum atomic E-state index is 12.3. The summed E-state index contributed by atoms with van der Waals surface area (Å²) < 4.78 is 6.97. The lowest BCUT2D eigenvalue weighted by atomic mass is 10.1. The Hall–Kier alpha value is -2.45. The largest absolute Gasteiger partial charge is 0.457 e. The molecular weight excluding hydrogens is 476 g/mol. The van der Waals surface area contributed by atoms with Crippen LogP contribution in [0.15, 0.2) is 40.9 Å². The zero-order chi connectivity index (χ0) is 22.1. The highest BCUT2D eigenvalue weighted by Gasteiger charge is 2.27. The number of nitrogen functional groups attached to an aromatic ring is 1. The Bertz CT molecular complexity index is 1100. The third-order valence-corrected chi connectivity index (χ3v) is 7.17. The van der Waals surface area contributed by atoms with Gasteiger partial charge in [-0.15, -0.1) is 10.2 Å². The number of hydrogen-bond donors (Lipinski definition) is 1. The standard InChI is InChI=1S/C23H25BrN4O2S/c1-13(2)22-26-27-23(31-22)15-4-6-17(7-5-15)30-20-10-19(25)18(24)9-16(20)12-28-11-14(3)8-21(28)29/h4-7,9-10,13-14H,8,11-12,25H2,1-3H3. The molecule has 0 bridgehead atoms. The van der Waals surface area contributed by atoms with E-state index >= 15 is 0 Å². The van der Waals surface area contributed by atoms with Gasteiger partial charge in [0.15, 0.2) is 0 Å². The number of amides is 1. The van der Waals surface area contributed by atoms with Gasteiger partial charge in [0.05, 0.1) is 0 Å². The van der Waals surface area contributed by atoms with Crippen LogP contribution in [0.2, 0.25) is 0 Å². The molecule has 1 unspecified atom stereocenters. The highest BCUT2D eigenvalue weighted by Crippen LogP contribution is 2.35. The predicted molar refractivity (Wildman–Crippen MR) is 127 cm³/mol. The zero-order valence-electron chi connectivity index (χ0n) is 17.8. The van der Waals surface area contributed by atoms with Gasteiger partial charge in [0, 0.05) is 52.8 Å². The van der Waals surface area contributed by atoms with Crippen molar-refractivity contribution in [1.29, 1.82) is 0 Å². The van der Waals surface area contributed by atoms with Crippen molar-refractivity contribution in [3.8, 4) is 22.1 Å². The van der Waals surface area contributed by atoms with Gasteiger partial charge in [-0.2, -0.15) is 0 Å². The van der Waals surface area contributed by atoms with Gasteiger partial charge in [0.25, 0.3) is 0 Å². The van der Waals surface area contributed by atoms with Crippen molar-refractivity contribution in [3.05, 3.63) is 51.4 Å². The molecule has 1 aliphatic heterocycles. The molecule has 31 heavy (non-hydrogen) atoms. The molecule has 1 fully saturated rings. The smallest absolute Gasteiger partial charge is 0.223 e. The minimum absolute atomic E-state index is 0.175. The molecule has 8 heteroatoms. The van der Waals surface area contributed by atoms with Crippen molar-refractivity contribution in [3.63, 3.8) is 0 Å². The van der Waals surface area contributed by atoms with Crippen LogP contribution >= 0.6 is 27.3 Å². The van der Waals surface area contributed by atoms with E-state index in [2.05, 4.69) is 46.9 Å². The molecule has 0 saturated carbocycles. The fourth-order valence-corrected chi connectivity index (χ4v) is 4.78. The monoisotopic (exact) mass is 500 g/mol. The molecule has 162 valence electrons. The molecule has 1 amide bonds. The number of nitrogens with two attached hydrogens (primary N) is 1. The second-order valence-electron chi connectivity index (χ2n) is 8.29. The Morgan fingerprint density at radius 2 is 2.00 bits per heavy atom. The second-order valence-corrected chi connectivity index (χ2v) is 10.2. The Kier molecular flexibility index (Phi) is 6.29. The maximum absolute atomic E-state index is 12.3.